The number of fused-ring (bicyclic) bond motifs is 3. The summed E-state index contributed by atoms with van der Waals surface area (Å²) in [5.74, 6) is 2.02. The second kappa shape index (κ2) is 6.83. The third kappa shape index (κ3) is 3.07. The first-order chi connectivity index (χ1) is 12.7. The first-order valence-electron chi connectivity index (χ1n) is 9.48. The topological polar surface area (TPSA) is 47.3 Å². The fourth-order valence-electron chi connectivity index (χ4n) is 4.37. The minimum absolute atomic E-state index is 0.312. The molecule has 1 N–H and O–H groups in total. The lowest BCUT2D eigenvalue weighted by atomic mass is 9.79. The van der Waals surface area contributed by atoms with Crippen LogP contribution in [0.5, 0.6) is 0 Å². The Morgan fingerprint density at radius 1 is 1.15 bits per heavy atom. The van der Waals surface area contributed by atoms with Gasteiger partial charge in [0, 0.05) is 29.6 Å². The molecule has 0 spiro atoms. The molecule has 3 heterocycles. The van der Waals surface area contributed by atoms with Crippen LogP contribution in [0.25, 0.3) is 11.3 Å². The monoisotopic (exact) mass is 392 g/mol. The molecule has 26 heavy (non-hydrogen) atoms. The largest absolute Gasteiger partial charge is 0.373 e. The van der Waals surface area contributed by atoms with Gasteiger partial charge in [0.05, 0.1) is 22.8 Å². The van der Waals surface area contributed by atoms with E-state index >= 15 is 0 Å². The summed E-state index contributed by atoms with van der Waals surface area (Å²) in [4.78, 5) is 0. The number of benzene rings is 1. The number of aromatic nitrogens is 1. The Labute approximate surface area is 163 Å². The molecular formula is C20H22Cl2N2O2. The molecule has 1 aromatic carbocycles. The fraction of sp³-hybridized carbons (Fsp3) is 0.550. The molecule has 4 nitrogen and oxygen atoms in total. The summed E-state index contributed by atoms with van der Waals surface area (Å²) >= 11 is 12.9. The highest BCUT2D eigenvalue weighted by Gasteiger charge is 2.38. The van der Waals surface area contributed by atoms with Gasteiger partial charge in [-0.15, -0.1) is 0 Å². The van der Waals surface area contributed by atoms with Crippen LogP contribution < -0.4 is 5.32 Å². The lowest BCUT2D eigenvalue weighted by molar-refractivity contribution is -0.0488. The lowest BCUT2D eigenvalue weighted by Crippen LogP contribution is -2.52. The third-order valence-corrected chi connectivity index (χ3v) is 6.64. The van der Waals surface area contributed by atoms with Gasteiger partial charge in [0.2, 0.25) is 0 Å². The van der Waals surface area contributed by atoms with E-state index in [2.05, 4.69) is 10.5 Å². The standard InChI is InChI=1S/C20H22Cl2N2O2/c21-15-2-1-3-16(22)18(15)19-14(20(26-24-19)11-4-5-11)10-25-17-8-13-7-6-12(17)9-23-13/h1-3,11-13,17,23H,4-10H2. The Morgan fingerprint density at radius 2 is 1.96 bits per heavy atom. The van der Waals surface area contributed by atoms with Crippen molar-refractivity contribution in [2.45, 2.75) is 56.8 Å². The van der Waals surface area contributed by atoms with E-state index < -0.39 is 0 Å². The van der Waals surface area contributed by atoms with Crippen molar-refractivity contribution in [3.63, 3.8) is 0 Å². The van der Waals surface area contributed by atoms with Gasteiger partial charge >= 0.3 is 0 Å². The predicted molar refractivity (Wildman–Crippen MR) is 102 cm³/mol. The number of ether oxygens (including phenoxy) is 1. The van der Waals surface area contributed by atoms with E-state index in [-0.39, 0.29) is 0 Å². The van der Waals surface area contributed by atoms with E-state index in [1.807, 2.05) is 18.2 Å². The van der Waals surface area contributed by atoms with E-state index in [0.717, 1.165) is 48.4 Å². The van der Waals surface area contributed by atoms with Crippen LogP contribution in [0.1, 0.15) is 49.3 Å². The van der Waals surface area contributed by atoms with Gasteiger partial charge in [-0.05, 0) is 50.2 Å². The summed E-state index contributed by atoms with van der Waals surface area (Å²) in [6, 6.07) is 6.13. The molecular weight excluding hydrogens is 371 g/mol. The average molecular weight is 393 g/mol. The molecule has 2 aromatic rings. The summed E-state index contributed by atoms with van der Waals surface area (Å²) in [6.45, 7) is 1.58. The van der Waals surface area contributed by atoms with Gasteiger partial charge in [0.15, 0.2) is 0 Å². The van der Waals surface area contributed by atoms with Crippen LogP contribution in [0.2, 0.25) is 10.0 Å². The Morgan fingerprint density at radius 3 is 2.58 bits per heavy atom. The maximum atomic E-state index is 6.43. The van der Waals surface area contributed by atoms with Gasteiger partial charge in [0.1, 0.15) is 11.5 Å². The van der Waals surface area contributed by atoms with E-state index in [9.17, 15) is 0 Å². The Bertz CT molecular complexity index is 790. The first-order valence-corrected chi connectivity index (χ1v) is 10.2. The molecule has 2 saturated heterocycles. The van der Waals surface area contributed by atoms with Crippen LogP contribution >= 0.6 is 23.2 Å². The van der Waals surface area contributed by atoms with Crippen molar-refractivity contribution in [1.29, 1.82) is 0 Å². The van der Waals surface area contributed by atoms with Crippen molar-refractivity contribution in [3.05, 3.63) is 39.6 Å². The van der Waals surface area contributed by atoms with Gasteiger partial charge in [0.25, 0.3) is 0 Å². The summed E-state index contributed by atoms with van der Waals surface area (Å²) < 4.78 is 12.1. The Kier molecular flexibility index (Phi) is 4.48. The van der Waals surface area contributed by atoms with Crippen LogP contribution in [0.3, 0.4) is 0 Å². The zero-order valence-corrected chi connectivity index (χ0v) is 16.0. The van der Waals surface area contributed by atoms with Crippen molar-refractivity contribution < 1.29 is 9.26 Å². The summed E-state index contributed by atoms with van der Waals surface area (Å²) in [7, 11) is 0. The fourth-order valence-corrected chi connectivity index (χ4v) is 4.95. The maximum absolute atomic E-state index is 6.43. The molecule has 2 aliphatic carbocycles. The molecule has 3 unspecified atom stereocenters. The van der Waals surface area contributed by atoms with E-state index in [1.165, 1.54) is 12.8 Å². The van der Waals surface area contributed by atoms with Gasteiger partial charge in [-0.1, -0.05) is 34.4 Å². The summed E-state index contributed by atoms with van der Waals surface area (Å²) in [5, 5.41) is 9.12. The van der Waals surface area contributed by atoms with Crippen LogP contribution in [0.4, 0.5) is 0 Å². The molecule has 4 fully saturated rings. The number of hydrogen-bond donors (Lipinski definition) is 1. The summed E-state index contributed by atoms with van der Waals surface area (Å²) in [6.07, 6.45) is 6.23. The van der Waals surface area contributed by atoms with Gasteiger partial charge in [-0.3, -0.25) is 0 Å². The predicted octanol–water partition coefficient (Wildman–Crippen LogP) is 5.18. The van der Waals surface area contributed by atoms with Crippen LogP contribution in [0, 0.1) is 5.92 Å². The molecule has 6 rings (SSSR count). The highest BCUT2D eigenvalue weighted by molar-refractivity contribution is 6.39. The van der Waals surface area contributed by atoms with Crippen molar-refractivity contribution in [2.24, 2.45) is 5.92 Å². The van der Waals surface area contributed by atoms with Crippen LogP contribution in [-0.2, 0) is 11.3 Å². The first kappa shape index (κ1) is 17.1. The summed E-state index contributed by atoms with van der Waals surface area (Å²) in [5.41, 5.74) is 2.51. The molecule has 138 valence electrons. The van der Waals surface area contributed by atoms with Gasteiger partial charge in [-0.25, -0.2) is 0 Å². The second-order valence-corrected chi connectivity index (χ2v) is 8.59. The third-order valence-electron chi connectivity index (χ3n) is 6.01. The normalized spacial score (nSPS) is 27.8. The van der Waals surface area contributed by atoms with Gasteiger partial charge < -0.3 is 14.6 Å². The van der Waals surface area contributed by atoms with E-state index in [4.69, 9.17) is 32.5 Å². The number of rotatable bonds is 5. The molecule has 2 saturated carbocycles. The number of piperidine rings is 2. The van der Waals surface area contributed by atoms with E-state index in [0.29, 0.717) is 40.6 Å². The highest BCUT2D eigenvalue weighted by atomic mass is 35.5. The SMILES string of the molecule is Clc1cccc(Cl)c1-c1noc(C2CC2)c1COC1CC2CCC1CN2. The van der Waals surface area contributed by atoms with Crippen LogP contribution in [0.15, 0.2) is 22.7 Å². The number of halogens is 2. The number of nitrogens with one attached hydrogen (secondary N) is 1. The lowest BCUT2D eigenvalue weighted by Gasteiger charge is -2.42. The molecule has 6 heteroatoms. The molecule has 0 radical (unpaired) electrons. The van der Waals surface area contributed by atoms with E-state index in [1.54, 1.807) is 0 Å². The second-order valence-electron chi connectivity index (χ2n) is 7.77. The number of hydrogen-bond acceptors (Lipinski definition) is 4. The zero-order valence-electron chi connectivity index (χ0n) is 14.5. The molecule has 2 aliphatic heterocycles. The minimum Gasteiger partial charge on any atom is -0.373 e. The van der Waals surface area contributed by atoms with Crippen molar-refractivity contribution >= 4 is 23.2 Å². The number of nitrogens with zero attached hydrogens (tertiary/aromatic N) is 1. The van der Waals surface area contributed by atoms with Crippen molar-refractivity contribution in [1.82, 2.24) is 10.5 Å². The minimum atomic E-state index is 0.312. The average Bonchev–Trinajstić information content (AvgIpc) is 3.42. The molecule has 0 amide bonds. The molecule has 3 atom stereocenters. The van der Waals surface area contributed by atoms with Crippen molar-refractivity contribution in [2.75, 3.05) is 6.54 Å². The molecule has 2 bridgehead atoms. The Balaban J connectivity index is 1.44. The Hall–Kier alpha value is -1.07. The van der Waals surface area contributed by atoms with Crippen molar-refractivity contribution in [3.8, 4) is 11.3 Å². The quantitative estimate of drug-likeness (QED) is 0.760. The highest BCUT2D eigenvalue weighted by Crippen LogP contribution is 2.46. The zero-order chi connectivity index (χ0) is 17.7. The maximum Gasteiger partial charge on any atom is 0.145 e. The molecule has 1 aromatic heterocycles. The van der Waals surface area contributed by atoms with Crippen LogP contribution in [-0.4, -0.2) is 23.8 Å². The smallest absolute Gasteiger partial charge is 0.145 e. The molecule has 4 aliphatic rings. The van der Waals surface area contributed by atoms with Gasteiger partial charge in [-0.2, -0.15) is 0 Å².